The van der Waals surface area contributed by atoms with Gasteiger partial charge in [-0.15, -0.1) is 0 Å². The van der Waals surface area contributed by atoms with Gasteiger partial charge in [0.2, 0.25) is 0 Å². The monoisotopic (exact) mass is 347 g/mol. The number of halogens is 2. The topological polar surface area (TPSA) is 48.2 Å². The molecule has 1 unspecified atom stereocenters. The van der Waals surface area contributed by atoms with Crippen molar-refractivity contribution in [2.75, 3.05) is 13.1 Å². The highest BCUT2D eigenvalue weighted by Crippen LogP contribution is 2.50. The first kappa shape index (κ1) is 19.0. The third-order valence-electron chi connectivity index (χ3n) is 4.30. The Balaban J connectivity index is 0.000000511. The molecule has 0 bridgehead atoms. The van der Waals surface area contributed by atoms with E-state index in [4.69, 9.17) is 5.11 Å². The summed E-state index contributed by atoms with van der Waals surface area (Å²) in [5.41, 5.74) is 3.13. The summed E-state index contributed by atoms with van der Waals surface area (Å²) in [6, 6.07) is 7.79. The number of allylic oxidation sites excluding steroid dienone is 2. The summed E-state index contributed by atoms with van der Waals surface area (Å²) in [4.78, 5) is 2.07. The molecule has 1 fully saturated rings. The van der Waals surface area contributed by atoms with Gasteiger partial charge in [-0.2, -0.15) is 10.2 Å². The lowest BCUT2D eigenvalue weighted by Gasteiger charge is -2.22. The molecule has 1 atom stereocenters. The van der Waals surface area contributed by atoms with Crippen molar-refractivity contribution in [3.8, 4) is 0 Å². The number of hydrogen-bond donors (Lipinski definition) is 1. The SMILES string of the molecule is C=NN=C.OCc1ccc(C2=CCN(CCC3CC3(F)F)C=C2)cc1. The largest absolute Gasteiger partial charge is 0.392 e. The summed E-state index contributed by atoms with van der Waals surface area (Å²) in [5, 5.41) is 15.0. The molecule has 1 aliphatic heterocycles. The van der Waals surface area contributed by atoms with E-state index in [1.54, 1.807) is 0 Å². The molecule has 0 amide bonds. The van der Waals surface area contributed by atoms with Gasteiger partial charge in [0.25, 0.3) is 5.92 Å². The first-order valence-electron chi connectivity index (χ1n) is 8.12. The third-order valence-corrected chi connectivity index (χ3v) is 4.30. The van der Waals surface area contributed by atoms with E-state index in [1.165, 1.54) is 0 Å². The van der Waals surface area contributed by atoms with Crippen LogP contribution in [0.1, 0.15) is 24.0 Å². The highest BCUT2D eigenvalue weighted by Gasteiger charge is 2.56. The molecule has 25 heavy (non-hydrogen) atoms. The molecular weight excluding hydrogens is 324 g/mol. The second kappa shape index (κ2) is 8.67. The van der Waals surface area contributed by atoms with E-state index in [0.717, 1.165) is 23.2 Å². The van der Waals surface area contributed by atoms with Crippen molar-refractivity contribution in [3.63, 3.8) is 0 Å². The third kappa shape index (κ3) is 5.60. The van der Waals surface area contributed by atoms with Crippen molar-refractivity contribution in [1.82, 2.24) is 4.90 Å². The van der Waals surface area contributed by atoms with Crippen molar-refractivity contribution in [1.29, 1.82) is 0 Å². The number of benzene rings is 1. The number of rotatable bonds is 6. The van der Waals surface area contributed by atoms with E-state index in [0.29, 0.717) is 13.0 Å². The number of nitrogens with zero attached hydrogens (tertiary/aromatic N) is 3. The molecule has 1 saturated carbocycles. The van der Waals surface area contributed by atoms with Gasteiger partial charge in [-0.25, -0.2) is 8.78 Å². The van der Waals surface area contributed by atoms with Crippen LogP contribution in [-0.4, -0.2) is 42.5 Å². The maximum absolute atomic E-state index is 12.8. The summed E-state index contributed by atoms with van der Waals surface area (Å²) in [6.45, 7) is 7.49. The van der Waals surface area contributed by atoms with Gasteiger partial charge in [0.15, 0.2) is 0 Å². The fraction of sp³-hybridized carbons (Fsp3) is 0.368. The minimum Gasteiger partial charge on any atom is -0.392 e. The van der Waals surface area contributed by atoms with Crippen LogP contribution in [0.3, 0.4) is 0 Å². The van der Waals surface area contributed by atoms with Crippen molar-refractivity contribution >= 4 is 19.0 Å². The lowest BCUT2D eigenvalue weighted by atomic mass is 10.0. The first-order valence-corrected chi connectivity index (χ1v) is 8.12. The molecule has 2 aliphatic rings. The van der Waals surface area contributed by atoms with Crippen LogP contribution in [0.15, 0.2) is 52.8 Å². The molecule has 1 aromatic rings. The fourth-order valence-corrected chi connectivity index (χ4v) is 2.62. The summed E-state index contributed by atoms with van der Waals surface area (Å²) in [7, 11) is 0. The van der Waals surface area contributed by atoms with Crippen LogP contribution in [0.4, 0.5) is 8.78 Å². The van der Waals surface area contributed by atoms with Crippen LogP contribution in [0.2, 0.25) is 0 Å². The normalized spacial score (nSPS) is 20.2. The minimum atomic E-state index is -2.41. The lowest BCUT2D eigenvalue weighted by Crippen LogP contribution is -2.21. The summed E-state index contributed by atoms with van der Waals surface area (Å²) in [6.07, 6.45) is 6.73. The Hall–Kier alpha value is -2.34. The van der Waals surface area contributed by atoms with Crippen molar-refractivity contribution in [2.24, 2.45) is 16.1 Å². The Morgan fingerprint density at radius 1 is 1.20 bits per heavy atom. The van der Waals surface area contributed by atoms with E-state index in [2.05, 4.69) is 34.6 Å². The Bertz CT molecular complexity index is 647. The molecule has 0 saturated heterocycles. The number of aliphatic hydroxyl groups is 1. The summed E-state index contributed by atoms with van der Waals surface area (Å²) in [5.74, 6) is -2.82. The Kier molecular flexibility index (Phi) is 6.58. The quantitative estimate of drug-likeness (QED) is 0.629. The summed E-state index contributed by atoms with van der Waals surface area (Å²) >= 11 is 0. The fourth-order valence-electron chi connectivity index (χ4n) is 2.62. The van der Waals surface area contributed by atoms with Crippen molar-refractivity contribution in [3.05, 3.63) is 53.7 Å². The van der Waals surface area contributed by atoms with Gasteiger partial charge >= 0.3 is 0 Å². The highest BCUT2D eigenvalue weighted by atomic mass is 19.3. The average molecular weight is 347 g/mol. The van der Waals surface area contributed by atoms with Gasteiger partial charge in [-0.1, -0.05) is 30.3 Å². The molecular formula is C19H23F2N3O. The van der Waals surface area contributed by atoms with Gasteiger partial charge in [0.1, 0.15) is 0 Å². The zero-order valence-electron chi connectivity index (χ0n) is 14.1. The van der Waals surface area contributed by atoms with E-state index < -0.39 is 11.8 Å². The number of hydrogen-bond acceptors (Lipinski definition) is 4. The molecule has 0 aromatic heterocycles. The van der Waals surface area contributed by atoms with E-state index in [-0.39, 0.29) is 13.0 Å². The maximum Gasteiger partial charge on any atom is 0.251 e. The van der Waals surface area contributed by atoms with Crippen LogP contribution in [0.5, 0.6) is 0 Å². The second-order valence-corrected chi connectivity index (χ2v) is 6.06. The van der Waals surface area contributed by atoms with Gasteiger partial charge < -0.3 is 10.0 Å². The Labute approximate surface area is 146 Å². The standard InChI is InChI=1S/C17H19F2NO.C2H4N2/c18-17(19)11-16(17)7-10-20-8-5-15(6-9-20)14-3-1-13(12-21)2-4-14;1-3-4-2/h1-6,8,16,21H,7,9-12H2;1-2H2. The minimum absolute atomic E-state index is 0.0503. The van der Waals surface area contributed by atoms with Crippen molar-refractivity contribution in [2.45, 2.75) is 25.4 Å². The molecule has 3 rings (SSSR count). The Morgan fingerprint density at radius 2 is 1.84 bits per heavy atom. The van der Waals surface area contributed by atoms with Gasteiger partial charge in [0, 0.05) is 38.9 Å². The van der Waals surface area contributed by atoms with Gasteiger partial charge in [-0.3, -0.25) is 0 Å². The smallest absolute Gasteiger partial charge is 0.251 e. The van der Waals surface area contributed by atoms with Crippen LogP contribution >= 0.6 is 0 Å². The van der Waals surface area contributed by atoms with E-state index >= 15 is 0 Å². The van der Waals surface area contributed by atoms with Crippen LogP contribution in [0.25, 0.3) is 5.57 Å². The molecule has 1 N–H and O–H groups in total. The molecule has 134 valence electrons. The second-order valence-electron chi connectivity index (χ2n) is 6.06. The molecule has 0 spiro atoms. The van der Waals surface area contributed by atoms with Crippen LogP contribution in [0, 0.1) is 5.92 Å². The average Bonchev–Trinajstić information content (AvgIpc) is 3.27. The van der Waals surface area contributed by atoms with Crippen molar-refractivity contribution < 1.29 is 13.9 Å². The molecule has 0 radical (unpaired) electrons. The first-order chi connectivity index (χ1) is 12.0. The van der Waals surface area contributed by atoms with E-state index in [1.807, 2.05) is 36.5 Å². The molecule has 1 heterocycles. The van der Waals surface area contributed by atoms with E-state index in [9.17, 15) is 8.78 Å². The predicted octanol–water partition coefficient (Wildman–Crippen LogP) is 3.74. The zero-order chi connectivity index (χ0) is 18.3. The maximum atomic E-state index is 12.8. The van der Waals surface area contributed by atoms with Crippen LogP contribution in [-0.2, 0) is 6.61 Å². The number of aliphatic hydroxyl groups excluding tert-OH is 1. The molecule has 1 aromatic carbocycles. The highest BCUT2D eigenvalue weighted by molar-refractivity contribution is 5.74. The zero-order valence-corrected chi connectivity index (χ0v) is 14.1. The molecule has 4 nitrogen and oxygen atoms in total. The molecule has 6 heteroatoms. The van der Waals surface area contributed by atoms with Gasteiger partial charge in [0.05, 0.1) is 6.61 Å². The Morgan fingerprint density at radius 3 is 2.28 bits per heavy atom. The predicted molar refractivity (Wildman–Crippen MR) is 97.8 cm³/mol. The summed E-state index contributed by atoms with van der Waals surface area (Å²) < 4.78 is 25.7. The lowest BCUT2D eigenvalue weighted by molar-refractivity contribution is 0.0953. The van der Waals surface area contributed by atoms with Crippen LogP contribution < -0.4 is 0 Å². The van der Waals surface area contributed by atoms with Gasteiger partial charge in [-0.05, 0) is 35.4 Å². The molecule has 1 aliphatic carbocycles. The number of alkyl halides is 2.